The number of hydrogen-bond acceptors (Lipinski definition) is 6. The van der Waals surface area contributed by atoms with Gasteiger partial charge in [0.1, 0.15) is 11.0 Å². The number of hydrogen-bond donors (Lipinski definition) is 1. The number of fused-ring (bicyclic) bond motifs is 1. The van der Waals surface area contributed by atoms with Crippen molar-refractivity contribution in [1.29, 1.82) is 0 Å². The summed E-state index contributed by atoms with van der Waals surface area (Å²) in [4.78, 5) is 14.8. The second-order valence-corrected chi connectivity index (χ2v) is 6.07. The van der Waals surface area contributed by atoms with Crippen molar-refractivity contribution in [2.45, 2.75) is 0 Å². The summed E-state index contributed by atoms with van der Waals surface area (Å²) in [5.41, 5.74) is 3.96. The van der Waals surface area contributed by atoms with Crippen LogP contribution in [0.2, 0.25) is 0 Å². The summed E-state index contributed by atoms with van der Waals surface area (Å²) in [5.74, 6) is -0.148. The number of benzene rings is 2. The molecule has 0 radical (unpaired) electrons. The average molecular weight is 340 g/mol. The van der Waals surface area contributed by atoms with Gasteiger partial charge in [0, 0.05) is 18.7 Å². The Morgan fingerprint density at radius 1 is 1.08 bits per heavy atom. The lowest BCUT2D eigenvalue weighted by molar-refractivity contribution is 0.102. The largest absolute Gasteiger partial charge is 0.378 e. The Balaban J connectivity index is 1.59. The standard InChI is InChI=1S/C17H16N4O2S/c22-17(12-5-6-13-15(11-12)20-24-19-13)18-14-3-1-2-4-16(14)21-7-9-23-10-8-21/h1-6,11H,7-10H2,(H,18,22). The molecule has 3 aromatic rings. The van der Waals surface area contributed by atoms with Gasteiger partial charge in [0.25, 0.3) is 5.91 Å². The molecule has 1 N–H and O–H groups in total. The van der Waals surface area contributed by atoms with E-state index < -0.39 is 0 Å². The van der Waals surface area contributed by atoms with Gasteiger partial charge in [0.2, 0.25) is 0 Å². The third-order valence-corrected chi connectivity index (χ3v) is 4.58. The second-order valence-electron chi connectivity index (χ2n) is 5.54. The molecule has 122 valence electrons. The first-order valence-electron chi connectivity index (χ1n) is 7.77. The number of carbonyl (C=O) groups is 1. The zero-order valence-electron chi connectivity index (χ0n) is 12.9. The molecular weight excluding hydrogens is 324 g/mol. The van der Waals surface area contributed by atoms with Crippen molar-refractivity contribution in [3.63, 3.8) is 0 Å². The van der Waals surface area contributed by atoms with Crippen molar-refractivity contribution in [3.8, 4) is 0 Å². The Bertz CT molecular complexity index is 874. The first kappa shape index (κ1) is 15.0. The summed E-state index contributed by atoms with van der Waals surface area (Å²) in [6.07, 6.45) is 0. The normalized spacial score (nSPS) is 14.8. The molecular formula is C17H16N4O2S. The number of nitrogens with one attached hydrogen (secondary N) is 1. The van der Waals surface area contributed by atoms with Gasteiger partial charge in [-0.1, -0.05) is 12.1 Å². The van der Waals surface area contributed by atoms with E-state index in [0.29, 0.717) is 18.8 Å². The summed E-state index contributed by atoms with van der Waals surface area (Å²) in [6.45, 7) is 3.05. The van der Waals surface area contributed by atoms with Gasteiger partial charge in [-0.25, -0.2) is 0 Å². The fourth-order valence-corrected chi connectivity index (χ4v) is 3.29. The Kier molecular flexibility index (Phi) is 4.10. The number of aromatic nitrogens is 2. The van der Waals surface area contributed by atoms with Gasteiger partial charge < -0.3 is 15.0 Å². The van der Waals surface area contributed by atoms with E-state index in [1.54, 1.807) is 12.1 Å². The molecule has 0 spiro atoms. The number of para-hydroxylation sites is 2. The maximum atomic E-state index is 12.6. The highest BCUT2D eigenvalue weighted by Gasteiger charge is 2.16. The summed E-state index contributed by atoms with van der Waals surface area (Å²) in [5, 5.41) is 3.01. The van der Waals surface area contributed by atoms with Crippen molar-refractivity contribution in [1.82, 2.24) is 8.75 Å². The topological polar surface area (TPSA) is 67.4 Å². The Labute approximate surface area is 143 Å². The zero-order valence-corrected chi connectivity index (χ0v) is 13.8. The summed E-state index contributed by atoms with van der Waals surface area (Å²) >= 11 is 1.15. The first-order valence-corrected chi connectivity index (χ1v) is 8.50. The van der Waals surface area contributed by atoms with Gasteiger partial charge in [-0.2, -0.15) is 8.75 Å². The average Bonchev–Trinajstić information content (AvgIpc) is 3.10. The number of morpholine rings is 1. The molecule has 0 aliphatic carbocycles. The second kappa shape index (κ2) is 6.54. The lowest BCUT2D eigenvalue weighted by Crippen LogP contribution is -2.36. The van der Waals surface area contributed by atoms with E-state index in [1.165, 1.54) is 0 Å². The van der Waals surface area contributed by atoms with E-state index in [1.807, 2.05) is 30.3 Å². The summed E-state index contributed by atoms with van der Waals surface area (Å²) in [6, 6.07) is 13.2. The van der Waals surface area contributed by atoms with E-state index in [4.69, 9.17) is 4.74 Å². The molecule has 2 heterocycles. The number of carbonyl (C=O) groups excluding carboxylic acids is 1. The lowest BCUT2D eigenvalue weighted by Gasteiger charge is -2.30. The Morgan fingerprint density at radius 2 is 1.88 bits per heavy atom. The molecule has 0 unspecified atom stereocenters. The number of rotatable bonds is 3. The van der Waals surface area contributed by atoms with Crippen molar-refractivity contribution in [2.75, 3.05) is 36.5 Å². The third-order valence-electron chi connectivity index (χ3n) is 4.02. The molecule has 1 amide bonds. The zero-order chi connectivity index (χ0) is 16.4. The highest BCUT2D eigenvalue weighted by atomic mass is 32.1. The van der Waals surface area contributed by atoms with Crippen LogP contribution in [0.1, 0.15) is 10.4 Å². The SMILES string of the molecule is O=C(Nc1ccccc1N1CCOCC1)c1ccc2nsnc2c1. The van der Waals surface area contributed by atoms with E-state index in [0.717, 1.165) is 47.2 Å². The van der Waals surface area contributed by atoms with Crippen LogP contribution in [0, 0.1) is 0 Å². The highest BCUT2D eigenvalue weighted by Crippen LogP contribution is 2.27. The van der Waals surface area contributed by atoms with Gasteiger partial charge in [-0.15, -0.1) is 0 Å². The maximum absolute atomic E-state index is 12.6. The monoisotopic (exact) mass is 340 g/mol. The number of anilines is 2. The van der Waals surface area contributed by atoms with Crippen LogP contribution in [0.5, 0.6) is 0 Å². The molecule has 1 aromatic heterocycles. The molecule has 1 fully saturated rings. The molecule has 24 heavy (non-hydrogen) atoms. The third kappa shape index (κ3) is 2.95. The van der Waals surface area contributed by atoms with E-state index >= 15 is 0 Å². The quantitative estimate of drug-likeness (QED) is 0.794. The van der Waals surface area contributed by atoms with Crippen LogP contribution in [0.3, 0.4) is 0 Å². The smallest absolute Gasteiger partial charge is 0.255 e. The number of amides is 1. The van der Waals surface area contributed by atoms with Gasteiger partial charge in [-0.3, -0.25) is 4.79 Å². The minimum Gasteiger partial charge on any atom is -0.378 e. The molecule has 1 saturated heterocycles. The Morgan fingerprint density at radius 3 is 2.75 bits per heavy atom. The maximum Gasteiger partial charge on any atom is 0.255 e. The molecule has 1 aliphatic rings. The number of nitrogens with zero attached hydrogens (tertiary/aromatic N) is 3. The molecule has 4 rings (SSSR count). The summed E-state index contributed by atoms with van der Waals surface area (Å²) in [7, 11) is 0. The van der Waals surface area contributed by atoms with Crippen LogP contribution in [-0.4, -0.2) is 41.0 Å². The molecule has 6 nitrogen and oxygen atoms in total. The first-order chi connectivity index (χ1) is 11.8. The fraction of sp³-hybridized carbons (Fsp3) is 0.235. The predicted octanol–water partition coefficient (Wildman–Crippen LogP) is 2.78. The minimum atomic E-state index is -0.148. The van der Waals surface area contributed by atoms with Gasteiger partial charge in [-0.05, 0) is 30.3 Å². The van der Waals surface area contributed by atoms with Crippen molar-refractivity contribution < 1.29 is 9.53 Å². The van der Waals surface area contributed by atoms with Crippen LogP contribution in [0.15, 0.2) is 42.5 Å². The van der Waals surface area contributed by atoms with Crippen LogP contribution < -0.4 is 10.2 Å². The predicted molar refractivity (Wildman–Crippen MR) is 94.8 cm³/mol. The Hall–Kier alpha value is -2.51. The van der Waals surface area contributed by atoms with Crippen molar-refractivity contribution in [2.24, 2.45) is 0 Å². The van der Waals surface area contributed by atoms with Crippen molar-refractivity contribution >= 4 is 40.0 Å². The van der Waals surface area contributed by atoms with Crippen LogP contribution in [0.4, 0.5) is 11.4 Å². The fourth-order valence-electron chi connectivity index (χ4n) is 2.78. The molecule has 0 atom stereocenters. The lowest BCUT2D eigenvalue weighted by atomic mass is 10.1. The molecule has 1 aliphatic heterocycles. The van der Waals surface area contributed by atoms with E-state index in [2.05, 4.69) is 19.0 Å². The molecule has 0 saturated carbocycles. The minimum absolute atomic E-state index is 0.148. The van der Waals surface area contributed by atoms with Crippen LogP contribution >= 0.6 is 11.7 Å². The van der Waals surface area contributed by atoms with Crippen LogP contribution in [0.25, 0.3) is 11.0 Å². The van der Waals surface area contributed by atoms with E-state index in [9.17, 15) is 4.79 Å². The number of ether oxygens (including phenoxy) is 1. The van der Waals surface area contributed by atoms with Crippen molar-refractivity contribution in [3.05, 3.63) is 48.0 Å². The van der Waals surface area contributed by atoms with Gasteiger partial charge >= 0.3 is 0 Å². The van der Waals surface area contributed by atoms with Gasteiger partial charge in [0.15, 0.2) is 0 Å². The van der Waals surface area contributed by atoms with E-state index in [-0.39, 0.29) is 5.91 Å². The summed E-state index contributed by atoms with van der Waals surface area (Å²) < 4.78 is 13.8. The molecule has 0 bridgehead atoms. The molecule has 2 aromatic carbocycles. The van der Waals surface area contributed by atoms with Crippen LogP contribution in [-0.2, 0) is 4.74 Å². The highest BCUT2D eigenvalue weighted by molar-refractivity contribution is 7.00. The van der Waals surface area contributed by atoms with Gasteiger partial charge in [0.05, 0.1) is 36.3 Å². The molecule has 7 heteroatoms.